The van der Waals surface area contributed by atoms with Gasteiger partial charge in [0, 0.05) is 0 Å². The van der Waals surface area contributed by atoms with Crippen LogP contribution >= 0.6 is 24.8 Å². The Morgan fingerprint density at radius 1 is 0.214 bits per heavy atom. The zero-order valence-corrected chi connectivity index (χ0v) is 10.9. The molecule has 14 heavy (non-hydrogen) atoms. The van der Waals surface area contributed by atoms with Gasteiger partial charge >= 0.3 is 0 Å². The molecule has 2 saturated carbocycles. The average Bonchev–Trinajstić information content (AvgIpc) is 2.24. The van der Waals surface area contributed by atoms with E-state index >= 15 is 0 Å². The van der Waals surface area contributed by atoms with Gasteiger partial charge in [0.25, 0.3) is 0 Å². The molecule has 0 saturated heterocycles. The zero-order chi connectivity index (χ0) is 8.49. The fourth-order valence-corrected chi connectivity index (χ4v) is 2.12. The predicted octanol–water partition coefficient (Wildman–Crippen LogP) is 5.52. The first-order valence-electron chi connectivity index (χ1n) is 6.00. The zero-order valence-electron chi connectivity index (χ0n) is 9.30. The molecule has 0 nitrogen and oxygen atoms in total. The molecular formula is C12H26Cl2. The number of halogens is 2. The Bertz CT molecular complexity index is 51.3. The molecule has 0 unspecified atom stereocenters. The average molecular weight is 241 g/mol. The van der Waals surface area contributed by atoms with Crippen LogP contribution in [0, 0.1) is 0 Å². The maximum absolute atomic E-state index is 1.50. The normalized spacial score (nSPS) is 20.6. The van der Waals surface area contributed by atoms with Crippen molar-refractivity contribution >= 4 is 24.8 Å². The van der Waals surface area contributed by atoms with Crippen LogP contribution in [0.15, 0.2) is 0 Å². The van der Waals surface area contributed by atoms with E-state index in [1.165, 1.54) is 77.0 Å². The van der Waals surface area contributed by atoms with Crippen LogP contribution in [0.1, 0.15) is 77.0 Å². The molecule has 2 heteroatoms. The van der Waals surface area contributed by atoms with E-state index in [1.807, 2.05) is 0 Å². The van der Waals surface area contributed by atoms with Crippen molar-refractivity contribution in [1.82, 2.24) is 0 Å². The molecule has 0 aromatic heterocycles. The van der Waals surface area contributed by atoms with Gasteiger partial charge in [-0.3, -0.25) is 0 Å². The first-order chi connectivity index (χ1) is 6.00. The van der Waals surface area contributed by atoms with Crippen LogP contribution in [0.4, 0.5) is 0 Å². The van der Waals surface area contributed by atoms with Crippen molar-refractivity contribution in [2.24, 2.45) is 0 Å². The van der Waals surface area contributed by atoms with Crippen molar-refractivity contribution in [3.63, 3.8) is 0 Å². The molecule has 0 aromatic carbocycles. The fourth-order valence-electron chi connectivity index (χ4n) is 2.12. The Morgan fingerprint density at radius 2 is 0.286 bits per heavy atom. The Hall–Kier alpha value is 0.580. The SMILES string of the molecule is C1CCCCC1.C1CCCCC1.Cl.Cl. The lowest BCUT2D eigenvalue weighted by atomic mass is 10.0. The van der Waals surface area contributed by atoms with Gasteiger partial charge in [-0.2, -0.15) is 0 Å². The summed E-state index contributed by atoms with van der Waals surface area (Å²) in [4.78, 5) is 0. The highest BCUT2D eigenvalue weighted by atomic mass is 35.5. The van der Waals surface area contributed by atoms with Crippen LogP contribution in [0.2, 0.25) is 0 Å². The van der Waals surface area contributed by atoms with E-state index in [0.717, 1.165) is 0 Å². The van der Waals surface area contributed by atoms with Crippen LogP contribution in [-0.4, -0.2) is 0 Å². The standard InChI is InChI=1S/2C6H12.2ClH/c2*1-2-4-6-5-3-1;;/h2*1-6H2;2*1H. The van der Waals surface area contributed by atoms with E-state index in [1.54, 1.807) is 0 Å². The molecule has 2 rings (SSSR count). The molecule has 0 amide bonds. The van der Waals surface area contributed by atoms with Gasteiger partial charge < -0.3 is 0 Å². The molecule has 2 fully saturated rings. The van der Waals surface area contributed by atoms with E-state index in [2.05, 4.69) is 0 Å². The molecule has 0 atom stereocenters. The summed E-state index contributed by atoms with van der Waals surface area (Å²) in [5.41, 5.74) is 0. The minimum absolute atomic E-state index is 0. The van der Waals surface area contributed by atoms with Crippen molar-refractivity contribution < 1.29 is 0 Å². The first kappa shape index (κ1) is 17.0. The van der Waals surface area contributed by atoms with Gasteiger partial charge in [-0.25, -0.2) is 0 Å². The lowest BCUT2D eigenvalue weighted by Crippen LogP contribution is -1.85. The molecule has 2 aliphatic rings. The predicted molar refractivity (Wildman–Crippen MR) is 69.9 cm³/mol. The van der Waals surface area contributed by atoms with Gasteiger partial charge in [0.15, 0.2) is 0 Å². The van der Waals surface area contributed by atoms with Crippen LogP contribution in [0.5, 0.6) is 0 Å². The molecule has 0 heterocycles. The van der Waals surface area contributed by atoms with Crippen LogP contribution in [0.3, 0.4) is 0 Å². The van der Waals surface area contributed by atoms with Gasteiger partial charge in [-0.1, -0.05) is 77.0 Å². The van der Waals surface area contributed by atoms with Crippen molar-refractivity contribution in [3.05, 3.63) is 0 Å². The van der Waals surface area contributed by atoms with Crippen LogP contribution in [-0.2, 0) is 0 Å². The Labute approximate surface area is 102 Å². The summed E-state index contributed by atoms with van der Waals surface area (Å²) in [6.45, 7) is 0. The van der Waals surface area contributed by atoms with Gasteiger partial charge in [-0.15, -0.1) is 24.8 Å². The Morgan fingerprint density at radius 3 is 0.357 bits per heavy atom. The van der Waals surface area contributed by atoms with Crippen LogP contribution < -0.4 is 0 Å². The van der Waals surface area contributed by atoms with E-state index in [4.69, 9.17) is 0 Å². The number of rotatable bonds is 0. The summed E-state index contributed by atoms with van der Waals surface area (Å²) >= 11 is 0. The van der Waals surface area contributed by atoms with Crippen molar-refractivity contribution in [2.45, 2.75) is 77.0 Å². The number of hydrogen-bond acceptors (Lipinski definition) is 0. The maximum Gasteiger partial charge on any atom is -0.0533 e. The number of hydrogen-bond donors (Lipinski definition) is 0. The Kier molecular flexibility index (Phi) is 16.5. The molecular weight excluding hydrogens is 215 g/mol. The molecule has 0 bridgehead atoms. The summed E-state index contributed by atoms with van der Waals surface area (Å²) < 4.78 is 0. The molecule has 0 aromatic rings. The quantitative estimate of drug-likeness (QED) is 0.523. The molecule has 2 aliphatic carbocycles. The molecule has 0 radical (unpaired) electrons. The monoisotopic (exact) mass is 240 g/mol. The third kappa shape index (κ3) is 10.7. The highest BCUT2D eigenvalue weighted by molar-refractivity contribution is 5.85. The second-order valence-electron chi connectivity index (χ2n) is 4.24. The van der Waals surface area contributed by atoms with Gasteiger partial charge in [0.1, 0.15) is 0 Å². The topological polar surface area (TPSA) is 0 Å². The van der Waals surface area contributed by atoms with E-state index in [-0.39, 0.29) is 24.8 Å². The smallest absolute Gasteiger partial charge is 0.0533 e. The van der Waals surface area contributed by atoms with Crippen molar-refractivity contribution in [2.75, 3.05) is 0 Å². The molecule has 0 N–H and O–H groups in total. The fraction of sp³-hybridized carbons (Fsp3) is 1.00. The minimum atomic E-state index is 0. The highest BCUT2D eigenvalue weighted by Crippen LogP contribution is 2.15. The van der Waals surface area contributed by atoms with Gasteiger partial charge in [0.2, 0.25) is 0 Å². The lowest BCUT2D eigenvalue weighted by Gasteiger charge is -2.05. The van der Waals surface area contributed by atoms with Gasteiger partial charge in [0.05, 0.1) is 0 Å². The summed E-state index contributed by atoms with van der Waals surface area (Å²) in [5, 5.41) is 0. The van der Waals surface area contributed by atoms with E-state index in [0.29, 0.717) is 0 Å². The molecule has 0 aliphatic heterocycles. The van der Waals surface area contributed by atoms with E-state index in [9.17, 15) is 0 Å². The third-order valence-electron chi connectivity index (χ3n) is 3.00. The summed E-state index contributed by atoms with van der Waals surface area (Å²) in [7, 11) is 0. The summed E-state index contributed by atoms with van der Waals surface area (Å²) in [6.07, 6.45) is 18.0. The molecule has 0 spiro atoms. The van der Waals surface area contributed by atoms with Crippen LogP contribution in [0.25, 0.3) is 0 Å². The minimum Gasteiger partial charge on any atom is -0.147 e. The van der Waals surface area contributed by atoms with Crippen molar-refractivity contribution in [3.8, 4) is 0 Å². The highest BCUT2D eigenvalue weighted by Gasteiger charge is 1.96. The third-order valence-corrected chi connectivity index (χ3v) is 3.00. The summed E-state index contributed by atoms with van der Waals surface area (Å²) in [5.74, 6) is 0. The maximum atomic E-state index is 1.50. The Balaban J connectivity index is 0. The van der Waals surface area contributed by atoms with Crippen molar-refractivity contribution in [1.29, 1.82) is 0 Å². The van der Waals surface area contributed by atoms with Gasteiger partial charge in [-0.05, 0) is 0 Å². The van der Waals surface area contributed by atoms with E-state index < -0.39 is 0 Å². The molecule has 88 valence electrons. The second kappa shape index (κ2) is 13.6. The lowest BCUT2D eigenvalue weighted by molar-refractivity contribution is 0.504. The first-order valence-corrected chi connectivity index (χ1v) is 6.00. The second-order valence-corrected chi connectivity index (χ2v) is 4.24. The largest absolute Gasteiger partial charge is 0.147 e. The summed E-state index contributed by atoms with van der Waals surface area (Å²) in [6, 6.07) is 0.